The monoisotopic (exact) mass is 314 g/mol. The zero-order valence-electron chi connectivity index (χ0n) is 12.8. The highest BCUT2D eigenvalue weighted by Gasteiger charge is 2.16. The number of nitrogens with zero attached hydrogens (tertiary/aromatic N) is 3. The molecule has 2 aromatic rings. The molecule has 0 bridgehead atoms. The van der Waals surface area contributed by atoms with Crippen LogP contribution in [0.1, 0.15) is 11.1 Å². The van der Waals surface area contributed by atoms with Gasteiger partial charge in [0.15, 0.2) is 0 Å². The van der Waals surface area contributed by atoms with Gasteiger partial charge < -0.3 is 16.0 Å². The van der Waals surface area contributed by atoms with Crippen molar-refractivity contribution in [3.05, 3.63) is 45.6 Å². The second kappa shape index (κ2) is 6.57. The van der Waals surface area contributed by atoms with E-state index in [4.69, 9.17) is 0 Å². The highest BCUT2D eigenvalue weighted by atomic mass is 16.6. The number of hydrogen-bond donors (Lipinski definition) is 3. The first-order chi connectivity index (χ1) is 11.2. The highest BCUT2D eigenvalue weighted by Crippen LogP contribution is 2.24. The predicted octanol–water partition coefficient (Wildman–Crippen LogP) is 1.86. The van der Waals surface area contributed by atoms with E-state index < -0.39 is 4.92 Å². The molecule has 3 rings (SSSR count). The lowest BCUT2D eigenvalue weighted by Crippen LogP contribution is -2.16. The molecule has 0 amide bonds. The van der Waals surface area contributed by atoms with E-state index in [1.807, 2.05) is 6.07 Å². The van der Waals surface area contributed by atoms with Crippen molar-refractivity contribution in [2.75, 3.05) is 30.8 Å². The molecule has 0 aliphatic carbocycles. The third-order valence-corrected chi connectivity index (χ3v) is 3.81. The van der Waals surface area contributed by atoms with Crippen molar-refractivity contribution in [1.82, 2.24) is 15.3 Å². The molecule has 0 fully saturated rings. The van der Waals surface area contributed by atoms with Crippen LogP contribution in [0.4, 0.5) is 23.1 Å². The molecule has 0 saturated carbocycles. The molecule has 23 heavy (non-hydrogen) atoms. The minimum absolute atomic E-state index is 0.147. The highest BCUT2D eigenvalue weighted by molar-refractivity contribution is 5.61. The average Bonchev–Trinajstić information content (AvgIpc) is 2.79. The summed E-state index contributed by atoms with van der Waals surface area (Å²) in [5.41, 5.74) is 3.38. The summed E-state index contributed by atoms with van der Waals surface area (Å²) in [4.78, 5) is 18.6. The Morgan fingerprint density at radius 2 is 2.04 bits per heavy atom. The fourth-order valence-corrected chi connectivity index (χ4v) is 2.63. The summed E-state index contributed by atoms with van der Waals surface area (Å²) in [6.07, 6.45) is 3.20. The summed E-state index contributed by atoms with van der Waals surface area (Å²) in [6.45, 7) is 1.96. The normalized spacial score (nSPS) is 13.8. The minimum atomic E-state index is -0.509. The molecule has 0 radical (unpaired) electrons. The van der Waals surface area contributed by atoms with Gasteiger partial charge in [-0.1, -0.05) is 6.07 Å². The first kappa shape index (κ1) is 15.2. The Morgan fingerprint density at radius 3 is 2.78 bits per heavy atom. The molecular weight excluding hydrogens is 296 g/mol. The lowest BCUT2D eigenvalue weighted by atomic mass is 10.0. The Kier molecular flexibility index (Phi) is 4.33. The molecule has 1 aromatic carbocycles. The fraction of sp³-hybridized carbons (Fsp3) is 0.333. The van der Waals surface area contributed by atoms with Crippen LogP contribution in [-0.2, 0) is 12.8 Å². The van der Waals surface area contributed by atoms with Gasteiger partial charge in [-0.3, -0.25) is 10.1 Å². The van der Waals surface area contributed by atoms with E-state index in [1.54, 1.807) is 7.05 Å². The molecule has 3 N–H and O–H groups in total. The predicted molar refractivity (Wildman–Crippen MR) is 88.2 cm³/mol. The van der Waals surface area contributed by atoms with Crippen molar-refractivity contribution in [3.63, 3.8) is 0 Å². The lowest BCUT2D eigenvalue weighted by molar-refractivity contribution is -0.384. The Bertz CT molecular complexity index is 734. The Morgan fingerprint density at radius 1 is 1.26 bits per heavy atom. The van der Waals surface area contributed by atoms with Crippen LogP contribution in [0.25, 0.3) is 0 Å². The standard InChI is InChI=1S/C15H18N6O2/c1-16-14-13(21(22)23)9-18-15(20-14)19-12-3-2-10-4-6-17-7-5-11(10)8-12/h2-3,8-9,17H,4-7H2,1H3,(H2,16,18,19,20). The van der Waals surface area contributed by atoms with E-state index in [1.165, 1.54) is 17.3 Å². The maximum absolute atomic E-state index is 10.9. The Hall–Kier alpha value is -2.74. The summed E-state index contributed by atoms with van der Waals surface area (Å²) in [6, 6.07) is 6.18. The summed E-state index contributed by atoms with van der Waals surface area (Å²) >= 11 is 0. The van der Waals surface area contributed by atoms with Crippen LogP contribution in [0, 0.1) is 10.1 Å². The first-order valence-electron chi connectivity index (χ1n) is 7.46. The van der Waals surface area contributed by atoms with Crippen molar-refractivity contribution in [1.29, 1.82) is 0 Å². The molecular formula is C15H18N6O2. The van der Waals surface area contributed by atoms with Crippen LogP contribution in [0.15, 0.2) is 24.4 Å². The molecule has 0 atom stereocenters. The third kappa shape index (κ3) is 3.37. The third-order valence-electron chi connectivity index (χ3n) is 3.81. The van der Waals surface area contributed by atoms with Crippen LogP contribution in [0.2, 0.25) is 0 Å². The maximum Gasteiger partial charge on any atom is 0.329 e. The molecule has 1 aliphatic rings. The largest absolute Gasteiger partial charge is 0.367 e. The van der Waals surface area contributed by atoms with Crippen molar-refractivity contribution in [2.45, 2.75) is 12.8 Å². The average molecular weight is 314 g/mol. The van der Waals surface area contributed by atoms with E-state index in [2.05, 4.69) is 38.1 Å². The first-order valence-corrected chi connectivity index (χ1v) is 7.46. The van der Waals surface area contributed by atoms with Crippen molar-refractivity contribution < 1.29 is 4.92 Å². The minimum Gasteiger partial charge on any atom is -0.367 e. The molecule has 120 valence electrons. The number of benzene rings is 1. The summed E-state index contributed by atoms with van der Waals surface area (Å²) < 4.78 is 0. The van der Waals surface area contributed by atoms with Gasteiger partial charge in [0.25, 0.3) is 0 Å². The number of nitrogens with one attached hydrogen (secondary N) is 3. The maximum atomic E-state index is 10.9. The van der Waals surface area contributed by atoms with Gasteiger partial charge in [0.1, 0.15) is 6.20 Å². The van der Waals surface area contributed by atoms with Crippen molar-refractivity contribution >= 4 is 23.1 Å². The Labute approximate surface area is 133 Å². The Balaban J connectivity index is 1.84. The second-order valence-electron chi connectivity index (χ2n) is 5.29. The number of anilines is 3. The van der Waals surface area contributed by atoms with Crippen molar-refractivity contribution in [2.24, 2.45) is 0 Å². The molecule has 8 nitrogen and oxygen atoms in total. The van der Waals surface area contributed by atoms with Crippen LogP contribution >= 0.6 is 0 Å². The van der Waals surface area contributed by atoms with Gasteiger partial charge >= 0.3 is 5.69 Å². The molecule has 0 unspecified atom stereocenters. The molecule has 2 heterocycles. The zero-order valence-corrected chi connectivity index (χ0v) is 12.8. The van der Waals surface area contributed by atoms with Crippen LogP contribution in [-0.4, -0.2) is 35.0 Å². The van der Waals surface area contributed by atoms with E-state index in [-0.39, 0.29) is 11.5 Å². The summed E-state index contributed by atoms with van der Waals surface area (Å²) in [7, 11) is 1.59. The molecule has 0 saturated heterocycles. The fourth-order valence-electron chi connectivity index (χ4n) is 2.63. The van der Waals surface area contributed by atoms with E-state index >= 15 is 0 Å². The van der Waals surface area contributed by atoms with Gasteiger partial charge in [-0.2, -0.15) is 4.98 Å². The van der Waals surface area contributed by atoms with Crippen LogP contribution < -0.4 is 16.0 Å². The number of rotatable bonds is 4. The molecule has 1 aromatic heterocycles. The van der Waals surface area contributed by atoms with Crippen LogP contribution in [0.5, 0.6) is 0 Å². The SMILES string of the molecule is CNc1nc(Nc2ccc3c(c2)CCNCC3)ncc1[N+](=O)[O-]. The summed E-state index contributed by atoms with van der Waals surface area (Å²) in [5.74, 6) is 0.512. The lowest BCUT2D eigenvalue weighted by Gasteiger charge is -2.10. The number of aromatic nitrogens is 2. The second-order valence-corrected chi connectivity index (χ2v) is 5.29. The van der Waals surface area contributed by atoms with E-state index in [0.29, 0.717) is 5.95 Å². The van der Waals surface area contributed by atoms with Gasteiger partial charge in [-0.15, -0.1) is 0 Å². The van der Waals surface area contributed by atoms with E-state index in [0.717, 1.165) is 31.6 Å². The van der Waals surface area contributed by atoms with Crippen LogP contribution in [0.3, 0.4) is 0 Å². The number of hydrogen-bond acceptors (Lipinski definition) is 7. The zero-order chi connectivity index (χ0) is 16.2. The molecule has 8 heteroatoms. The molecule has 1 aliphatic heterocycles. The van der Waals surface area contributed by atoms with Gasteiger partial charge in [-0.25, -0.2) is 4.98 Å². The van der Waals surface area contributed by atoms with Gasteiger partial charge in [0, 0.05) is 12.7 Å². The van der Waals surface area contributed by atoms with E-state index in [9.17, 15) is 10.1 Å². The smallest absolute Gasteiger partial charge is 0.329 e. The van der Waals surface area contributed by atoms with Gasteiger partial charge in [0.05, 0.1) is 4.92 Å². The number of fused-ring (bicyclic) bond motifs is 1. The summed E-state index contributed by atoms with van der Waals surface area (Å²) in [5, 5.41) is 20.1. The van der Waals surface area contributed by atoms with Crippen molar-refractivity contribution in [3.8, 4) is 0 Å². The van der Waals surface area contributed by atoms with Gasteiger partial charge in [0.2, 0.25) is 11.8 Å². The topological polar surface area (TPSA) is 105 Å². The quantitative estimate of drug-likeness (QED) is 0.584. The molecule has 0 spiro atoms. The number of nitro groups is 1. The van der Waals surface area contributed by atoms with Gasteiger partial charge in [-0.05, 0) is 49.2 Å².